The van der Waals surface area contributed by atoms with E-state index in [0.29, 0.717) is 0 Å². The van der Waals surface area contributed by atoms with Crippen molar-refractivity contribution in [2.45, 2.75) is 12.1 Å². The Morgan fingerprint density at radius 1 is 1.21 bits per heavy atom. The number of alkyl halides is 3. The van der Waals surface area contributed by atoms with Crippen molar-refractivity contribution in [1.29, 1.82) is 0 Å². The fraction of sp³-hybridized carbons (Fsp3) is 0.182. The third-order valence-corrected chi connectivity index (χ3v) is 1.54. The number of aliphatic carboxylic acids is 1. The van der Waals surface area contributed by atoms with E-state index in [0.717, 1.165) is 18.2 Å². The summed E-state index contributed by atoms with van der Waals surface area (Å²) >= 11 is 0. The Labute approximate surface area is 106 Å². The normalized spacial score (nSPS) is 13.5. The SMILES string of the molecule is C=CC(=O)O.OC(F)(F)C(O)(F)Oc1ccccc1. The lowest BCUT2D eigenvalue weighted by Gasteiger charge is -2.23. The summed E-state index contributed by atoms with van der Waals surface area (Å²) in [5.74, 6) is -1.31. The molecule has 0 spiro atoms. The third-order valence-electron chi connectivity index (χ3n) is 1.54. The minimum atomic E-state index is -4.98. The summed E-state index contributed by atoms with van der Waals surface area (Å²) < 4.78 is 40.5. The average molecular weight is 280 g/mol. The van der Waals surface area contributed by atoms with Gasteiger partial charge < -0.3 is 20.1 Å². The van der Waals surface area contributed by atoms with Gasteiger partial charge in [0.05, 0.1) is 0 Å². The highest BCUT2D eigenvalue weighted by Crippen LogP contribution is 2.30. The van der Waals surface area contributed by atoms with Gasteiger partial charge in [-0.25, -0.2) is 4.79 Å². The largest absolute Gasteiger partial charge is 0.478 e. The first kappa shape index (κ1) is 16.9. The monoisotopic (exact) mass is 280 g/mol. The molecule has 0 aliphatic carbocycles. The van der Waals surface area contributed by atoms with Crippen molar-refractivity contribution < 1.29 is 38.0 Å². The molecule has 1 unspecified atom stereocenters. The van der Waals surface area contributed by atoms with Gasteiger partial charge in [-0.1, -0.05) is 24.8 Å². The second-order valence-corrected chi connectivity index (χ2v) is 3.06. The van der Waals surface area contributed by atoms with Crippen LogP contribution in [0.1, 0.15) is 0 Å². The second-order valence-electron chi connectivity index (χ2n) is 3.06. The van der Waals surface area contributed by atoms with Crippen molar-refractivity contribution in [3.05, 3.63) is 43.0 Å². The lowest BCUT2D eigenvalue weighted by atomic mass is 10.3. The Morgan fingerprint density at radius 2 is 1.63 bits per heavy atom. The maximum absolute atomic E-state index is 12.6. The number of halogens is 3. The number of carboxylic acids is 1. The maximum Gasteiger partial charge on any atom is 0.456 e. The second kappa shape index (κ2) is 6.76. The van der Waals surface area contributed by atoms with Crippen LogP contribution in [-0.2, 0) is 4.79 Å². The van der Waals surface area contributed by atoms with Crippen molar-refractivity contribution in [3.8, 4) is 5.75 Å². The maximum atomic E-state index is 12.6. The Morgan fingerprint density at radius 3 is 1.95 bits per heavy atom. The summed E-state index contributed by atoms with van der Waals surface area (Å²) in [5, 5.41) is 23.9. The van der Waals surface area contributed by atoms with Crippen molar-refractivity contribution in [2.24, 2.45) is 0 Å². The third kappa shape index (κ3) is 6.43. The highest BCUT2D eigenvalue weighted by atomic mass is 19.3. The molecule has 0 aromatic heterocycles. The molecule has 0 fully saturated rings. The van der Waals surface area contributed by atoms with Crippen molar-refractivity contribution >= 4 is 5.97 Å². The fourth-order valence-electron chi connectivity index (χ4n) is 0.706. The standard InChI is InChI=1S/C8H7F3O3.C3H4O2/c9-7(10,12)8(11,13)14-6-4-2-1-3-5-6;1-2-3(4)5/h1-5,12-13H;2H,1H2,(H,4,5). The number of hydrogen-bond donors (Lipinski definition) is 3. The predicted octanol–water partition coefficient (Wildman–Crippen LogP) is 1.52. The van der Waals surface area contributed by atoms with E-state index in [4.69, 9.17) is 15.3 Å². The molecule has 1 atom stereocenters. The van der Waals surface area contributed by atoms with Crippen LogP contribution in [0.2, 0.25) is 0 Å². The van der Waals surface area contributed by atoms with E-state index < -0.39 is 18.1 Å². The summed E-state index contributed by atoms with van der Waals surface area (Å²) in [5.41, 5.74) is 0. The van der Waals surface area contributed by atoms with Gasteiger partial charge in [-0.3, -0.25) is 0 Å². The molecular formula is C11H11F3O5. The summed E-state index contributed by atoms with van der Waals surface area (Å²) in [7, 11) is 0. The molecule has 0 saturated carbocycles. The summed E-state index contributed by atoms with van der Waals surface area (Å²) in [4.78, 5) is 9.25. The number of carboxylic acid groups (broad SMARTS) is 1. The van der Waals surface area contributed by atoms with Gasteiger partial charge in [-0.05, 0) is 12.1 Å². The number of aliphatic hydroxyl groups is 2. The first-order valence-corrected chi connectivity index (χ1v) is 4.71. The first-order chi connectivity index (χ1) is 8.60. The quantitative estimate of drug-likeness (QED) is 0.575. The zero-order chi connectivity index (χ0) is 15.1. The van der Waals surface area contributed by atoms with E-state index >= 15 is 0 Å². The number of benzene rings is 1. The Balaban J connectivity index is 0.000000555. The molecule has 1 aromatic rings. The van der Waals surface area contributed by atoms with Crippen LogP contribution < -0.4 is 4.74 Å². The van der Waals surface area contributed by atoms with Gasteiger partial charge in [0.15, 0.2) is 0 Å². The van der Waals surface area contributed by atoms with Crippen LogP contribution in [0.5, 0.6) is 5.75 Å². The molecule has 0 aliphatic rings. The lowest BCUT2D eigenvalue weighted by molar-refractivity contribution is -0.422. The van der Waals surface area contributed by atoms with E-state index in [1.807, 2.05) is 0 Å². The van der Waals surface area contributed by atoms with Crippen LogP contribution in [0.25, 0.3) is 0 Å². The number of para-hydroxylation sites is 1. The average Bonchev–Trinajstić information content (AvgIpc) is 2.29. The number of rotatable bonds is 4. The van der Waals surface area contributed by atoms with Gasteiger partial charge in [0.2, 0.25) is 0 Å². The number of hydrogen-bond acceptors (Lipinski definition) is 4. The van der Waals surface area contributed by atoms with Crippen LogP contribution >= 0.6 is 0 Å². The minimum Gasteiger partial charge on any atom is -0.478 e. The topological polar surface area (TPSA) is 87.0 Å². The Kier molecular flexibility index (Phi) is 6.03. The van der Waals surface area contributed by atoms with E-state index in [2.05, 4.69) is 11.3 Å². The highest BCUT2D eigenvalue weighted by molar-refractivity contribution is 5.78. The number of ether oxygens (including phenoxy) is 1. The first-order valence-electron chi connectivity index (χ1n) is 4.71. The van der Waals surface area contributed by atoms with E-state index in [1.54, 1.807) is 6.07 Å². The summed E-state index contributed by atoms with van der Waals surface area (Å²) in [6.45, 7) is 2.96. The molecule has 0 saturated heterocycles. The van der Waals surface area contributed by atoms with Crippen LogP contribution in [0.3, 0.4) is 0 Å². The zero-order valence-corrected chi connectivity index (χ0v) is 9.46. The Bertz CT molecular complexity index is 414. The van der Waals surface area contributed by atoms with Gasteiger partial charge in [0, 0.05) is 6.08 Å². The summed E-state index contributed by atoms with van der Waals surface area (Å²) in [6.07, 6.45) is -4.15. The molecule has 106 valence electrons. The fourth-order valence-corrected chi connectivity index (χ4v) is 0.706. The molecule has 0 heterocycles. The molecule has 5 nitrogen and oxygen atoms in total. The van der Waals surface area contributed by atoms with Gasteiger partial charge in [0.25, 0.3) is 0 Å². The van der Waals surface area contributed by atoms with E-state index in [-0.39, 0.29) is 5.75 Å². The van der Waals surface area contributed by atoms with Crippen LogP contribution in [0, 0.1) is 0 Å². The van der Waals surface area contributed by atoms with Crippen molar-refractivity contribution in [2.75, 3.05) is 0 Å². The molecule has 1 rings (SSSR count). The molecule has 0 aliphatic heterocycles. The molecular weight excluding hydrogens is 269 g/mol. The molecule has 0 bridgehead atoms. The highest BCUT2D eigenvalue weighted by Gasteiger charge is 2.56. The van der Waals surface area contributed by atoms with Gasteiger partial charge >= 0.3 is 18.1 Å². The van der Waals surface area contributed by atoms with E-state index in [9.17, 15) is 18.0 Å². The molecule has 3 N–H and O–H groups in total. The number of carbonyl (C=O) groups is 1. The van der Waals surface area contributed by atoms with Gasteiger partial charge in [-0.15, -0.1) is 0 Å². The molecule has 1 aromatic carbocycles. The molecule has 19 heavy (non-hydrogen) atoms. The van der Waals surface area contributed by atoms with Gasteiger partial charge in [0.1, 0.15) is 5.75 Å². The van der Waals surface area contributed by atoms with Crippen molar-refractivity contribution in [1.82, 2.24) is 0 Å². The van der Waals surface area contributed by atoms with Crippen molar-refractivity contribution in [3.63, 3.8) is 0 Å². The van der Waals surface area contributed by atoms with Crippen LogP contribution in [0.15, 0.2) is 43.0 Å². The lowest BCUT2D eigenvalue weighted by Crippen LogP contribution is -2.48. The molecule has 8 heteroatoms. The van der Waals surface area contributed by atoms with Gasteiger partial charge in [-0.2, -0.15) is 13.2 Å². The van der Waals surface area contributed by atoms with Crippen LogP contribution in [0.4, 0.5) is 13.2 Å². The smallest absolute Gasteiger partial charge is 0.456 e. The molecule has 0 radical (unpaired) electrons. The zero-order valence-electron chi connectivity index (χ0n) is 9.46. The summed E-state index contributed by atoms with van der Waals surface area (Å²) in [6, 6.07) is 2.18. The minimum absolute atomic E-state index is 0.328. The molecule has 0 amide bonds. The predicted molar refractivity (Wildman–Crippen MR) is 58.1 cm³/mol. The van der Waals surface area contributed by atoms with Crippen LogP contribution in [-0.4, -0.2) is 33.4 Å². The van der Waals surface area contributed by atoms with E-state index in [1.165, 1.54) is 12.1 Å². The Hall–Kier alpha value is -2.06.